The van der Waals surface area contributed by atoms with Gasteiger partial charge in [-0.1, -0.05) is 23.9 Å². The number of benzene rings is 1. The van der Waals surface area contributed by atoms with Crippen LogP contribution in [0.2, 0.25) is 0 Å². The van der Waals surface area contributed by atoms with Gasteiger partial charge in [0.05, 0.1) is 5.75 Å². The number of primary amides is 1. The Morgan fingerprint density at radius 3 is 2.59 bits per heavy atom. The molecule has 0 aliphatic carbocycles. The third-order valence-corrected chi connectivity index (χ3v) is 6.10. The topological polar surface area (TPSA) is 146 Å². The number of fused-ring (bicyclic) bond motifs is 1. The molecular weight excluding hydrogens is 450 g/mol. The van der Waals surface area contributed by atoms with Crippen molar-refractivity contribution in [2.75, 3.05) is 11.1 Å². The smallest absolute Gasteiger partial charge is 0.282 e. The van der Waals surface area contributed by atoms with Crippen LogP contribution in [0.25, 0.3) is 11.2 Å². The zero-order chi connectivity index (χ0) is 22.5. The van der Waals surface area contributed by atoms with Crippen molar-refractivity contribution in [3.8, 4) is 0 Å². The minimum atomic E-state index is -0.500. The molecule has 12 heteroatoms. The van der Waals surface area contributed by atoms with Gasteiger partial charge in [0.1, 0.15) is 0 Å². The van der Waals surface area contributed by atoms with Crippen LogP contribution in [0, 0.1) is 0 Å². The summed E-state index contributed by atoms with van der Waals surface area (Å²) in [5, 5.41) is 5.34. The first-order valence-electron chi connectivity index (χ1n) is 9.43. The van der Waals surface area contributed by atoms with E-state index in [2.05, 4.69) is 25.3 Å². The monoisotopic (exact) mass is 467 g/mol. The van der Waals surface area contributed by atoms with E-state index >= 15 is 0 Å². The summed E-state index contributed by atoms with van der Waals surface area (Å²) in [5.74, 6) is -0.711. The maximum Gasteiger partial charge on any atom is 0.282 e. The van der Waals surface area contributed by atoms with E-state index in [-0.39, 0.29) is 28.4 Å². The average Bonchev–Trinajstić information content (AvgIpc) is 3.30. The van der Waals surface area contributed by atoms with Crippen LogP contribution in [0.3, 0.4) is 0 Å². The molecule has 162 valence electrons. The summed E-state index contributed by atoms with van der Waals surface area (Å²) in [5.41, 5.74) is 6.66. The van der Waals surface area contributed by atoms with E-state index in [1.807, 2.05) is 0 Å². The highest BCUT2D eigenvalue weighted by Gasteiger charge is 2.15. The van der Waals surface area contributed by atoms with Gasteiger partial charge in [0, 0.05) is 36.1 Å². The molecule has 0 atom stereocenters. The lowest BCUT2D eigenvalue weighted by Crippen LogP contribution is -2.26. The first-order chi connectivity index (χ1) is 15.5. The number of aryl methyl sites for hydroxylation is 1. The molecule has 0 radical (unpaired) electrons. The predicted octanol–water partition coefficient (Wildman–Crippen LogP) is 1.72. The van der Waals surface area contributed by atoms with E-state index in [1.54, 1.807) is 35.8 Å². The molecule has 3 aromatic heterocycles. The van der Waals surface area contributed by atoms with Gasteiger partial charge in [-0.3, -0.25) is 19.0 Å². The standard InChI is InChI=1S/C20H17N7O3S2/c21-16(29)13-3-1-12(2-4-13)5-9-27-18(30)15-17(23-7-6-22-15)26-20(27)32-11-14(28)25-19-24-8-10-31-19/h1-4,6-8,10H,5,9,11H2,(H2,21,29)(H,24,25,28). The Labute approximate surface area is 189 Å². The van der Waals surface area contributed by atoms with Gasteiger partial charge in [0.2, 0.25) is 11.8 Å². The van der Waals surface area contributed by atoms with Crippen molar-refractivity contribution in [1.82, 2.24) is 24.5 Å². The molecule has 1 aromatic carbocycles. The van der Waals surface area contributed by atoms with Crippen LogP contribution < -0.4 is 16.6 Å². The number of thioether (sulfide) groups is 1. The molecule has 0 bridgehead atoms. The average molecular weight is 468 g/mol. The molecule has 2 amide bonds. The lowest BCUT2D eigenvalue weighted by Gasteiger charge is -2.12. The minimum absolute atomic E-state index is 0.0467. The third-order valence-electron chi connectivity index (χ3n) is 4.43. The summed E-state index contributed by atoms with van der Waals surface area (Å²) >= 11 is 2.45. The third kappa shape index (κ3) is 4.98. The Morgan fingerprint density at radius 1 is 1.09 bits per heavy atom. The number of carbonyl (C=O) groups is 2. The highest BCUT2D eigenvalue weighted by Crippen LogP contribution is 2.18. The normalized spacial score (nSPS) is 10.9. The summed E-state index contributed by atoms with van der Waals surface area (Å²) in [6.45, 7) is 0.310. The number of anilines is 1. The second-order valence-corrected chi connectivity index (χ2v) is 8.40. The zero-order valence-corrected chi connectivity index (χ0v) is 18.2. The van der Waals surface area contributed by atoms with E-state index in [1.165, 1.54) is 28.3 Å². The number of thiazole rings is 1. The van der Waals surface area contributed by atoms with E-state index in [0.717, 1.165) is 17.3 Å². The van der Waals surface area contributed by atoms with Crippen LogP contribution in [0.5, 0.6) is 0 Å². The number of nitrogens with two attached hydrogens (primary N) is 1. The van der Waals surface area contributed by atoms with E-state index < -0.39 is 5.91 Å². The summed E-state index contributed by atoms with van der Waals surface area (Å²) in [7, 11) is 0. The van der Waals surface area contributed by atoms with Crippen molar-refractivity contribution in [3.63, 3.8) is 0 Å². The molecule has 0 saturated carbocycles. The summed E-state index contributed by atoms with van der Waals surface area (Å²) < 4.78 is 1.49. The van der Waals surface area contributed by atoms with Crippen LogP contribution >= 0.6 is 23.1 Å². The van der Waals surface area contributed by atoms with Crippen LogP contribution in [-0.2, 0) is 17.8 Å². The highest BCUT2D eigenvalue weighted by atomic mass is 32.2. The Balaban J connectivity index is 1.56. The van der Waals surface area contributed by atoms with Gasteiger partial charge >= 0.3 is 0 Å². The molecule has 0 fully saturated rings. The Kier molecular flexibility index (Phi) is 6.52. The quantitative estimate of drug-likeness (QED) is 0.294. The summed E-state index contributed by atoms with van der Waals surface area (Å²) in [6, 6.07) is 6.85. The number of nitrogens with one attached hydrogen (secondary N) is 1. The van der Waals surface area contributed by atoms with Gasteiger partial charge in [-0.25, -0.2) is 19.9 Å². The van der Waals surface area contributed by atoms with Gasteiger partial charge in [0.25, 0.3) is 5.56 Å². The molecule has 3 N–H and O–H groups in total. The van der Waals surface area contributed by atoms with Crippen LogP contribution in [0.4, 0.5) is 5.13 Å². The molecule has 0 saturated heterocycles. The molecule has 4 aromatic rings. The molecular formula is C20H17N7O3S2. The second-order valence-electron chi connectivity index (χ2n) is 6.57. The fourth-order valence-corrected chi connectivity index (χ4v) is 4.24. The van der Waals surface area contributed by atoms with Gasteiger partial charge < -0.3 is 11.1 Å². The number of hydrogen-bond acceptors (Lipinski definition) is 9. The zero-order valence-electron chi connectivity index (χ0n) is 16.6. The minimum Gasteiger partial charge on any atom is -0.366 e. The number of carbonyl (C=O) groups excluding carboxylic acids is 2. The van der Waals surface area contributed by atoms with Gasteiger partial charge in [-0.15, -0.1) is 11.3 Å². The number of rotatable bonds is 8. The van der Waals surface area contributed by atoms with Crippen LogP contribution in [0.15, 0.2) is 58.2 Å². The summed E-state index contributed by atoms with van der Waals surface area (Å²) in [6.07, 6.45) is 5.01. The van der Waals surface area contributed by atoms with Gasteiger partial charge in [-0.2, -0.15) is 0 Å². The Hall–Kier alpha value is -3.64. The molecule has 3 heterocycles. The van der Waals surface area contributed by atoms with Crippen molar-refractivity contribution in [2.24, 2.45) is 5.73 Å². The van der Waals surface area contributed by atoms with Crippen molar-refractivity contribution >= 4 is 51.2 Å². The van der Waals surface area contributed by atoms with Crippen molar-refractivity contribution in [1.29, 1.82) is 0 Å². The highest BCUT2D eigenvalue weighted by molar-refractivity contribution is 7.99. The molecule has 0 spiro atoms. The van der Waals surface area contributed by atoms with Gasteiger partial charge in [-0.05, 0) is 24.1 Å². The number of nitrogens with zero attached hydrogens (tertiary/aromatic N) is 5. The van der Waals surface area contributed by atoms with Crippen LogP contribution in [-0.4, -0.2) is 42.1 Å². The first-order valence-corrected chi connectivity index (χ1v) is 11.3. The SMILES string of the molecule is NC(=O)c1ccc(CCn2c(SCC(=O)Nc3nccs3)nc3nccnc3c2=O)cc1. The summed E-state index contributed by atoms with van der Waals surface area (Å²) in [4.78, 5) is 53.3. The van der Waals surface area contributed by atoms with E-state index in [4.69, 9.17) is 5.73 Å². The number of hydrogen-bond donors (Lipinski definition) is 2. The van der Waals surface area contributed by atoms with Crippen molar-refractivity contribution < 1.29 is 9.59 Å². The second kappa shape index (κ2) is 9.66. The maximum atomic E-state index is 13.1. The molecule has 32 heavy (non-hydrogen) atoms. The molecule has 0 unspecified atom stereocenters. The van der Waals surface area contributed by atoms with E-state index in [0.29, 0.717) is 28.8 Å². The van der Waals surface area contributed by atoms with Crippen molar-refractivity contribution in [2.45, 2.75) is 18.1 Å². The fourth-order valence-electron chi connectivity index (χ4n) is 2.88. The Morgan fingerprint density at radius 2 is 1.88 bits per heavy atom. The van der Waals surface area contributed by atoms with Gasteiger partial charge in [0.15, 0.2) is 21.5 Å². The first kappa shape index (κ1) is 21.6. The van der Waals surface area contributed by atoms with Crippen molar-refractivity contribution in [3.05, 3.63) is 69.7 Å². The lowest BCUT2D eigenvalue weighted by atomic mass is 10.1. The molecule has 4 rings (SSSR count). The fraction of sp³-hybridized carbons (Fsp3) is 0.150. The van der Waals surface area contributed by atoms with Crippen LogP contribution in [0.1, 0.15) is 15.9 Å². The predicted molar refractivity (Wildman–Crippen MR) is 122 cm³/mol. The number of amides is 2. The largest absolute Gasteiger partial charge is 0.366 e. The molecule has 0 aliphatic heterocycles. The molecule has 10 nitrogen and oxygen atoms in total. The Bertz CT molecular complexity index is 1320. The molecule has 0 aliphatic rings. The maximum absolute atomic E-state index is 13.1. The number of aromatic nitrogens is 5. The van der Waals surface area contributed by atoms with E-state index in [9.17, 15) is 14.4 Å². The lowest BCUT2D eigenvalue weighted by molar-refractivity contribution is -0.113.